The third-order valence-electron chi connectivity index (χ3n) is 2.28. The molecule has 0 fully saturated rings. The van der Waals surface area contributed by atoms with Crippen molar-refractivity contribution < 1.29 is 9.90 Å². The number of hydrogen-bond acceptors (Lipinski definition) is 3. The Hall–Kier alpha value is -1.81. The van der Waals surface area contributed by atoms with Crippen molar-refractivity contribution in [1.82, 2.24) is 0 Å². The molecule has 0 spiro atoms. The monoisotopic (exact) mass is 233 g/mol. The van der Waals surface area contributed by atoms with Crippen molar-refractivity contribution in [3.8, 4) is 0 Å². The van der Waals surface area contributed by atoms with Crippen molar-refractivity contribution in [2.24, 2.45) is 0 Å². The maximum Gasteiger partial charge on any atom is 0.345 e. The van der Waals surface area contributed by atoms with Gasteiger partial charge < -0.3 is 10.0 Å². The summed E-state index contributed by atoms with van der Waals surface area (Å²) in [5.74, 6) is -0.877. The van der Waals surface area contributed by atoms with Gasteiger partial charge in [-0.05, 0) is 24.3 Å². The van der Waals surface area contributed by atoms with Crippen LogP contribution in [0.3, 0.4) is 0 Å². The second-order valence-electron chi connectivity index (χ2n) is 3.34. The highest BCUT2D eigenvalue weighted by Crippen LogP contribution is 2.30. The number of carbonyl (C=O) groups is 1. The van der Waals surface area contributed by atoms with Crippen molar-refractivity contribution in [3.05, 3.63) is 47.3 Å². The molecule has 4 heteroatoms. The molecule has 1 aromatic heterocycles. The van der Waals surface area contributed by atoms with Crippen LogP contribution in [0.15, 0.2) is 42.5 Å². The number of anilines is 2. The van der Waals surface area contributed by atoms with Crippen LogP contribution < -0.4 is 4.90 Å². The van der Waals surface area contributed by atoms with E-state index in [0.29, 0.717) is 4.88 Å². The van der Waals surface area contributed by atoms with E-state index in [9.17, 15) is 4.79 Å². The van der Waals surface area contributed by atoms with Crippen molar-refractivity contribution in [3.63, 3.8) is 0 Å². The standard InChI is InChI=1S/C12H11NO2S/c1-13(9-5-3-2-4-6-9)11-8-7-10(16-11)12(14)15/h2-8H,1H3,(H,14,15). The van der Waals surface area contributed by atoms with Crippen LogP contribution in [0.4, 0.5) is 10.7 Å². The predicted molar refractivity (Wildman–Crippen MR) is 65.8 cm³/mol. The van der Waals surface area contributed by atoms with Gasteiger partial charge in [-0.15, -0.1) is 11.3 Å². The van der Waals surface area contributed by atoms with Gasteiger partial charge in [0.15, 0.2) is 0 Å². The summed E-state index contributed by atoms with van der Waals surface area (Å²) in [6.45, 7) is 0. The Morgan fingerprint density at radius 1 is 1.19 bits per heavy atom. The molecule has 82 valence electrons. The molecule has 0 atom stereocenters. The molecule has 0 amide bonds. The highest BCUT2D eigenvalue weighted by atomic mass is 32.1. The summed E-state index contributed by atoms with van der Waals surface area (Å²) < 4.78 is 0. The van der Waals surface area contributed by atoms with Crippen molar-refractivity contribution in [1.29, 1.82) is 0 Å². The molecule has 0 saturated carbocycles. The minimum Gasteiger partial charge on any atom is -0.477 e. The molecular formula is C12H11NO2S. The average Bonchev–Trinajstić information content (AvgIpc) is 2.78. The van der Waals surface area contributed by atoms with Crippen LogP contribution in [0.2, 0.25) is 0 Å². The minimum absolute atomic E-state index is 0.359. The first-order chi connectivity index (χ1) is 7.68. The molecule has 0 aliphatic heterocycles. The van der Waals surface area contributed by atoms with Gasteiger partial charge in [-0.2, -0.15) is 0 Å². The van der Waals surface area contributed by atoms with Gasteiger partial charge in [0, 0.05) is 12.7 Å². The molecule has 2 rings (SSSR count). The van der Waals surface area contributed by atoms with Gasteiger partial charge in [0.25, 0.3) is 0 Å². The van der Waals surface area contributed by atoms with E-state index in [0.717, 1.165) is 10.7 Å². The summed E-state index contributed by atoms with van der Waals surface area (Å²) >= 11 is 1.27. The van der Waals surface area contributed by atoms with Crippen molar-refractivity contribution in [2.45, 2.75) is 0 Å². The third-order valence-corrected chi connectivity index (χ3v) is 3.43. The molecule has 0 unspecified atom stereocenters. The van der Waals surface area contributed by atoms with Crippen molar-refractivity contribution in [2.75, 3.05) is 11.9 Å². The quantitative estimate of drug-likeness (QED) is 0.884. The first-order valence-electron chi connectivity index (χ1n) is 4.80. The van der Waals surface area contributed by atoms with E-state index in [1.807, 2.05) is 48.3 Å². The number of rotatable bonds is 3. The largest absolute Gasteiger partial charge is 0.477 e. The predicted octanol–water partition coefficient (Wildman–Crippen LogP) is 3.21. The Kier molecular flexibility index (Phi) is 2.92. The first kappa shape index (κ1) is 10.7. The molecular weight excluding hydrogens is 222 g/mol. The van der Waals surface area contributed by atoms with E-state index in [2.05, 4.69) is 0 Å². The van der Waals surface area contributed by atoms with Crippen LogP contribution in [-0.2, 0) is 0 Å². The van der Waals surface area contributed by atoms with Crippen LogP contribution >= 0.6 is 11.3 Å². The molecule has 0 aliphatic carbocycles. The lowest BCUT2D eigenvalue weighted by Gasteiger charge is -2.16. The van der Waals surface area contributed by atoms with Crippen LogP contribution in [0.25, 0.3) is 0 Å². The number of para-hydroxylation sites is 1. The van der Waals surface area contributed by atoms with E-state index in [-0.39, 0.29) is 0 Å². The fourth-order valence-corrected chi connectivity index (χ4v) is 2.23. The topological polar surface area (TPSA) is 40.5 Å². The third kappa shape index (κ3) is 2.06. The van der Waals surface area contributed by atoms with Gasteiger partial charge in [-0.3, -0.25) is 0 Å². The SMILES string of the molecule is CN(c1ccccc1)c1ccc(C(=O)O)s1. The zero-order chi connectivity index (χ0) is 11.5. The van der Waals surface area contributed by atoms with E-state index in [1.165, 1.54) is 11.3 Å². The second-order valence-corrected chi connectivity index (χ2v) is 4.40. The first-order valence-corrected chi connectivity index (χ1v) is 5.62. The number of carboxylic acid groups (broad SMARTS) is 1. The number of hydrogen-bond donors (Lipinski definition) is 1. The molecule has 16 heavy (non-hydrogen) atoms. The summed E-state index contributed by atoms with van der Waals surface area (Å²) in [5.41, 5.74) is 1.04. The average molecular weight is 233 g/mol. The molecule has 0 saturated heterocycles. The molecule has 0 radical (unpaired) electrons. The van der Waals surface area contributed by atoms with E-state index < -0.39 is 5.97 Å². The highest BCUT2D eigenvalue weighted by Gasteiger charge is 2.10. The Bertz CT molecular complexity index is 493. The maximum absolute atomic E-state index is 10.8. The lowest BCUT2D eigenvalue weighted by atomic mass is 10.3. The molecule has 1 aromatic carbocycles. The highest BCUT2D eigenvalue weighted by molar-refractivity contribution is 7.17. The van der Waals surface area contributed by atoms with Gasteiger partial charge in [-0.25, -0.2) is 4.79 Å². The Balaban J connectivity index is 2.27. The fraction of sp³-hybridized carbons (Fsp3) is 0.0833. The van der Waals surface area contributed by atoms with Gasteiger partial charge in [0.2, 0.25) is 0 Å². The summed E-state index contributed by atoms with van der Waals surface area (Å²) in [6.07, 6.45) is 0. The van der Waals surface area contributed by atoms with E-state index in [4.69, 9.17) is 5.11 Å². The summed E-state index contributed by atoms with van der Waals surface area (Å²) in [5, 5.41) is 9.76. The normalized spacial score (nSPS) is 10.1. The zero-order valence-corrected chi connectivity index (χ0v) is 9.57. The number of benzene rings is 1. The molecule has 2 aromatic rings. The van der Waals surface area contributed by atoms with E-state index >= 15 is 0 Å². The number of thiophene rings is 1. The van der Waals surface area contributed by atoms with Gasteiger partial charge >= 0.3 is 5.97 Å². The van der Waals surface area contributed by atoms with Crippen LogP contribution in [-0.4, -0.2) is 18.1 Å². The van der Waals surface area contributed by atoms with Crippen LogP contribution in [0.1, 0.15) is 9.67 Å². The summed E-state index contributed by atoms with van der Waals surface area (Å²) in [4.78, 5) is 13.1. The molecule has 1 N–H and O–H groups in total. The Labute approximate surface area is 97.6 Å². The molecule has 1 heterocycles. The summed E-state index contributed by atoms with van der Waals surface area (Å²) in [7, 11) is 1.92. The molecule has 0 bridgehead atoms. The van der Waals surface area contributed by atoms with Gasteiger partial charge in [-0.1, -0.05) is 18.2 Å². The Morgan fingerprint density at radius 3 is 2.44 bits per heavy atom. The van der Waals surface area contributed by atoms with Crippen molar-refractivity contribution >= 4 is 28.0 Å². The van der Waals surface area contributed by atoms with Gasteiger partial charge in [0.1, 0.15) is 4.88 Å². The Morgan fingerprint density at radius 2 is 1.88 bits per heavy atom. The molecule has 3 nitrogen and oxygen atoms in total. The van der Waals surface area contributed by atoms with Crippen LogP contribution in [0, 0.1) is 0 Å². The number of carboxylic acids is 1. The van der Waals surface area contributed by atoms with Crippen LogP contribution in [0.5, 0.6) is 0 Å². The lowest BCUT2D eigenvalue weighted by Crippen LogP contribution is -2.06. The number of aromatic carboxylic acids is 1. The second kappa shape index (κ2) is 4.37. The van der Waals surface area contributed by atoms with E-state index in [1.54, 1.807) is 6.07 Å². The van der Waals surface area contributed by atoms with Gasteiger partial charge in [0.05, 0.1) is 5.00 Å². The lowest BCUT2D eigenvalue weighted by molar-refractivity contribution is 0.0702. The smallest absolute Gasteiger partial charge is 0.345 e. The number of nitrogens with zero attached hydrogens (tertiary/aromatic N) is 1. The summed E-state index contributed by atoms with van der Waals surface area (Å²) in [6, 6.07) is 13.3. The molecule has 0 aliphatic rings. The fourth-order valence-electron chi connectivity index (χ4n) is 1.40. The zero-order valence-electron chi connectivity index (χ0n) is 8.75. The maximum atomic E-state index is 10.8. The minimum atomic E-state index is -0.877.